The van der Waals surface area contributed by atoms with Crippen molar-refractivity contribution >= 4 is 27.2 Å². The third-order valence-corrected chi connectivity index (χ3v) is 7.40. The molecule has 1 saturated carbocycles. The lowest BCUT2D eigenvalue weighted by atomic mass is 10.1. The van der Waals surface area contributed by atoms with E-state index in [2.05, 4.69) is 48.5 Å². The molecule has 2 aliphatic carbocycles. The minimum Gasteiger partial charge on any atom is -0.391 e. The highest BCUT2D eigenvalue weighted by Crippen LogP contribution is 2.37. The first-order chi connectivity index (χ1) is 14.9. The number of benzene rings is 1. The summed E-state index contributed by atoms with van der Waals surface area (Å²) < 4.78 is 32.3. The summed E-state index contributed by atoms with van der Waals surface area (Å²) in [6, 6.07) is 9.93. The Labute approximate surface area is 180 Å². The van der Waals surface area contributed by atoms with Crippen LogP contribution in [-0.4, -0.2) is 47.3 Å². The fraction of sp³-hybridized carbons (Fsp3) is 0.429. The van der Waals surface area contributed by atoms with Crippen LogP contribution in [0.5, 0.6) is 0 Å². The van der Waals surface area contributed by atoms with Gasteiger partial charge in [-0.2, -0.15) is 13.1 Å². The van der Waals surface area contributed by atoms with E-state index in [9.17, 15) is 13.5 Å². The van der Waals surface area contributed by atoms with Crippen molar-refractivity contribution in [3.63, 3.8) is 0 Å². The van der Waals surface area contributed by atoms with Crippen molar-refractivity contribution in [3.8, 4) is 0 Å². The molecule has 10 heteroatoms. The number of anilines is 1. The molecule has 9 nitrogen and oxygen atoms in total. The molecular formula is C21H25N5O4S. The average molecular weight is 444 g/mol. The summed E-state index contributed by atoms with van der Waals surface area (Å²) in [6.07, 6.45) is 5.58. The van der Waals surface area contributed by atoms with E-state index < -0.39 is 22.4 Å². The Hall–Kier alpha value is -2.53. The molecule has 0 bridgehead atoms. The zero-order valence-corrected chi connectivity index (χ0v) is 17.9. The zero-order valence-electron chi connectivity index (χ0n) is 17.1. The van der Waals surface area contributed by atoms with Gasteiger partial charge in [0.05, 0.1) is 30.7 Å². The third kappa shape index (κ3) is 3.80. The van der Waals surface area contributed by atoms with Crippen LogP contribution >= 0.6 is 0 Å². The van der Waals surface area contributed by atoms with Crippen LogP contribution in [0.15, 0.2) is 42.9 Å². The first kappa shape index (κ1) is 20.4. The van der Waals surface area contributed by atoms with Crippen molar-refractivity contribution < 1.29 is 17.7 Å². The van der Waals surface area contributed by atoms with Crippen LogP contribution in [0.2, 0.25) is 0 Å². The van der Waals surface area contributed by atoms with Gasteiger partial charge in [-0.05, 0) is 42.9 Å². The number of hydrogen-bond donors (Lipinski definition) is 3. The molecule has 0 unspecified atom stereocenters. The summed E-state index contributed by atoms with van der Waals surface area (Å²) in [6.45, 7) is 0. The van der Waals surface area contributed by atoms with Gasteiger partial charge < -0.3 is 15.0 Å². The van der Waals surface area contributed by atoms with Crippen molar-refractivity contribution in [1.29, 1.82) is 0 Å². The number of hydrogen-bond acceptors (Lipinski definition) is 7. The van der Waals surface area contributed by atoms with Crippen molar-refractivity contribution in [2.45, 2.75) is 49.9 Å². The Balaban J connectivity index is 1.39. The molecular weight excluding hydrogens is 418 g/mol. The van der Waals surface area contributed by atoms with Crippen LogP contribution in [0.4, 0.5) is 5.82 Å². The number of aromatic nitrogens is 3. The average Bonchev–Trinajstić information content (AvgIpc) is 3.46. The molecule has 3 aromatic rings. The van der Waals surface area contributed by atoms with E-state index in [1.807, 2.05) is 16.8 Å². The van der Waals surface area contributed by atoms with Gasteiger partial charge in [0.15, 0.2) is 0 Å². The number of fused-ring (bicyclic) bond motifs is 2. The summed E-state index contributed by atoms with van der Waals surface area (Å²) in [4.78, 5) is 8.95. The number of rotatable bonds is 6. The molecule has 4 atom stereocenters. The Bertz CT molecular complexity index is 1210. The molecule has 2 heterocycles. The van der Waals surface area contributed by atoms with Crippen LogP contribution in [0.25, 0.3) is 11.0 Å². The van der Waals surface area contributed by atoms with Gasteiger partial charge in [0.1, 0.15) is 17.8 Å². The topological polar surface area (TPSA) is 118 Å². The maximum Gasteiger partial charge on any atom is 0.335 e. The van der Waals surface area contributed by atoms with E-state index in [1.54, 1.807) is 6.33 Å². The van der Waals surface area contributed by atoms with Crippen LogP contribution < -0.4 is 10.0 Å². The number of aliphatic hydroxyl groups excluding tert-OH is 1. The van der Waals surface area contributed by atoms with Gasteiger partial charge in [0.2, 0.25) is 0 Å². The van der Waals surface area contributed by atoms with Gasteiger partial charge in [0, 0.05) is 12.2 Å². The lowest BCUT2D eigenvalue weighted by Crippen LogP contribution is -2.40. The lowest BCUT2D eigenvalue weighted by Gasteiger charge is -2.17. The van der Waals surface area contributed by atoms with E-state index in [0.717, 1.165) is 36.8 Å². The van der Waals surface area contributed by atoms with E-state index in [-0.39, 0.29) is 12.1 Å². The smallest absolute Gasteiger partial charge is 0.335 e. The molecule has 31 heavy (non-hydrogen) atoms. The predicted molar refractivity (Wildman–Crippen MR) is 116 cm³/mol. The Kier molecular flexibility index (Phi) is 5.17. The second kappa shape index (κ2) is 7.86. The fourth-order valence-corrected chi connectivity index (χ4v) is 5.55. The number of nitrogens with zero attached hydrogens (tertiary/aromatic N) is 3. The summed E-state index contributed by atoms with van der Waals surface area (Å²) in [5.74, 6) is 0.778. The molecule has 0 spiro atoms. The molecule has 0 aliphatic heterocycles. The van der Waals surface area contributed by atoms with Crippen LogP contribution in [0.3, 0.4) is 0 Å². The van der Waals surface area contributed by atoms with Crippen molar-refractivity contribution in [2.75, 3.05) is 12.4 Å². The quantitative estimate of drug-likeness (QED) is 0.534. The Morgan fingerprint density at radius 3 is 2.87 bits per heavy atom. The first-order valence-electron chi connectivity index (χ1n) is 10.4. The maximum absolute atomic E-state index is 11.7. The molecule has 5 rings (SSSR count). The van der Waals surface area contributed by atoms with Gasteiger partial charge in [-0.3, -0.25) is 4.18 Å². The predicted octanol–water partition coefficient (Wildman–Crippen LogP) is 2.08. The molecule has 2 aromatic heterocycles. The standard InChI is InChI=1S/C21H25N5O4S/c1-30-31(28,29)25-18-10-14(11-19(18)27)26-9-8-16-20(22-12-23-21(16)26)24-17-7-6-13-4-2-3-5-15(13)17/h2-5,8-9,12,14,17-19,25,27H,6-7,10-11H2,1H3,(H,22,23,24)/t14-,17+,18+,19+/m1/s1. The number of nitrogens with one attached hydrogen (secondary N) is 2. The highest BCUT2D eigenvalue weighted by Gasteiger charge is 2.37. The molecule has 0 radical (unpaired) electrons. The first-order valence-corrected chi connectivity index (χ1v) is 11.8. The normalized spacial score (nSPS) is 25.7. The van der Waals surface area contributed by atoms with Gasteiger partial charge in [0.25, 0.3) is 0 Å². The summed E-state index contributed by atoms with van der Waals surface area (Å²) >= 11 is 0. The summed E-state index contributed by atoms with van der Waals surface area (Å²) in [5, 5.41) is 14.9. The second-order valence-corrected chi connectivity index (χ2v) is 9.63. The highest BCUT2D eigenvalue weighted by atomic mass is 32.2. The van der Waals surface area contributed by atoms with Crippen molar-refractivity contribution in [2.24, 2.45) is 0 Å². The molecule has 0 amide bonds. The van der Waals surface area contributed by atoms with Crippen molar-refractivity contribution in [3.05, 3.63) is 54.0 Å². The highest BCUT2D eigenvalue weighted by molar-refractivity contribution is 7.84. The molecule has 2 aliphatic rings. The second-order valence-electron chi connectivity index (χ2n) is 8.15. The molecule has 1 fully saturated rings. The zero-order chi connectivity index (χ0) is 21.6. The minimum absolute atomic E-state index is 0.0907. The Morgan fingerprint density at radius 1 is 1.19 bits per heavy atom. The van der Waals surface area contributed by atoms with E-state index in [4.69, 9.17) is 0 Å². The van der Waals surface area contributed by atoms with E-state index in [0.29, 0.717) is 12.8 Å². The third-order valence-electron chi connectivity index (χ3n) is 6.37. The minimum atomic E-state index is -3.87. The van der Waals surface area contributed by atoms with Gasteiger partial charge >= 0.3 is 10.3 Å². The molecule has 164 valence electrons. The van der Waals surface area contributed by atoms with Crippen LogP contribution in [-0.2, 0) is 20.9 Å². The molecule has 0 saturated heterocycles. The van der Waals surface area contributed by atoms with Crippen LogP contribution in [0.1, 0.15) is 42.5 Å². The molecule has 1 aromatic carbocycles. The number of aryl methyl sites for hydroxylation is 1. The maximum atomic E-state index is 11.7. The van der Waals surface area contributed by atoms with Gasteiger partial charge in [-0.1, -0.05) is 24.3 Å². The van der Waals surface area contributed by atoms with Crippen LogP contribution in [0, 0.1) is 0 Å². The van der Waals surface area contributed by atoms with E-state index in [1.165, 1.54) is 11.1 Å². The number of aliphatic hydroxyl groups is 1. The fourth-order valence-electron chi connectivity index (χ4n) is 4.83. The monoisotopic (exact) mass is 443 g/mol. The van der Waals surface area contributed by atoms with Gasteiger partial charge in [-0.15, -0.1) is 0 Å². The summed E-state index contributed by atoms with van der Waals surface area (Å²) in [5.41, 5.74) is 3.43. The lowest BCUT2D eigenvalue weighted by molar-refractivity contribution is 0.154. The molecule has 3 N–H and O–H groups in total. The van der Waals surface area contributed by atoms with Crippen molar-refractivity contribution in [1.82, 2.24) is 19.3 Å². The largest absolute Gasteiger partial charge is 0.391 e. The SMILES string of the molecule is COS(=O)(=O)N[C@H]1C[C@@H](n2ccc3c(N[C@H]4CCc5ccccc54)ncnc32)C[C@@H]1O. The summed E-state index contributed by atoms with van der Waals surface area (Å²) in [7, 11) is -2.78. The van der Waals surface area contributed by atoms with Gasteiger partial charge in [-0.25, -0.2) is 9.97 Å². The van der Waals surface area contributed by atoms with E-state index >= 15 is 0 Å². The Morgan fingerprint density at radius 2 is 2.03 bits per heavy atom.